The van der Waals surface area contributed by atoms with E-state index in [1.165, 1.54) is 12.1 Å². The van der Waals surface area contributed by atoms with Gasteiger partial charge in [-0.15, -0.1) is 5.10 Å². The molecule has 2 N–H and O–H groups in total. The Morgan fingerprint density at radius 1 is 1.19 bits per heavy atom. The SMILES string of the molecule is CCCSc1nc2n(n1)C(c1ccc(F)cc1)C(C(=O)Nc1cccc(C)c1C)=C(C)N2. The van der Waals surface area contributed by atoms with Gasteiger partial charge in [-0.05, 0) is 62.1 Å². The van der Waals surface area contributed by atoms with Gasteiger partial charge in [0.2, 0.25) is 11.1 Å². The summed E-state index contributed by atoms with van der Waals surface area (Å²) in [5, 5.41) is 11.6. The largest absolute Gasteiger partial charge is 0.328 e. The molecule has 32 heavy (non-hydrogen) atoms. The van der Waals surface area contributed by atoms with Gasteiger partial charge in [0.25, 0.3) is 5.91 Å². The first-order valence-electron chi connectivity index (χ1n) is 10.6. The molecular weight excluding hydrogens is 425 g/mol. The summed E-state index contributed by atoms with van der Waals surface area (Å²) >= 11 is 1.57. The normalized spacial score (nSPS) is 15.3. The summed E-state index contributed by atoms with van der Waals surface area (Å²) < 4.78 is 15.4. The molecule has 6 nitrogen and oxygen atoms in total. The zero-order valence-corrected chi connectivity index (χ0v) is 19.4. The number of nitrogens with zero attached hydrogens (tertiary/aromatic N) is 3. The minimum atomic E-state index is -0.527. The fraction of sp³-hybridized carbons (Fsp3) is 0.292. The van der Waals surface area contributed by atoms with E-state index < -0.39 is 6.04 Å². The molecule has 1 aliphatic rings. The van der Waals surface area contributed by atoms with E-state index in [1.807, 2.05) is 39.0 Å². The molecule has 0 saturated carbocycles. The van der Waals surface area contributed by atoms with Crippen molar-refractivity contribution in [3.05, 3.63) is 76.2 Å². The highest BCUT2D eigenvalue weighted by molar-refractivity contribution is 7.99. The second kappa shape index (κ2) is 9.16. The molecule has 0 radical (unpaired) electrons. The maximum Gasteiger partial charge on any atom is 0.255 e. The van der Waals surface area contributed by atoms with Gasteiger partial charge in [-0.25, -0.2) is 9.07 Å². The summed E-state index contributed by atoms with van der Waals surface area (Å²) in [4.78, 5) is 18.1. The van der Waals surface area contributed by atoms with Gasteiger partial charge in [0, 0.05) is 17.1 Å². The van der Waals surface area contributed by atoms with Gasteiger partial charge in [0.05, 0.1) is 5.57 Å². The Bertz CT molecular complexity index is 1190. The van der Waals surface area contributed by atoms with Gasteiger partial charge in [-0.2, -0.15) is 4.98 Å². The van der Waals surface area contributed by atoms with Crippen molar-refractivity contribution in [3.8, 4) is 0 Å². The Balaban J connectivity index is 1.76. The number of aryl methyl sites for hydroxylation is 1. The lowest BCUT2D eigenvalue weighted by Gasteiger charge is -2.29. The molecule has 4 rings (SSSR count). The second-order valence-corrected chi connectivity index (χ2v) is 8.89. The smallest absolute Gasteiger partial charge is 0.255 e. The summed E-state index contributed by atoms with van der Waals surface area (Å²) in [6, 6.07) is 11.5. The number of hydrogen-bond acceptors (Lipinski definition) is 5. The molecule has 1 unspecified atom stereocenters. The number of rotatable bonds is 6. The van der Waals surface area contributed by atoms with Crippen molar-refractivity contribution in [2.24, 2.45) is 0 Å². The Morgan fingerprint density at radius 2 is 1.94 bits per heavy atom. The lowest BCUT2D eigenvalue weighted by Crippen LogP contribution is -2.31. The predicted octanol–water partition coefficient (Wildman–Crippen LogP) is 5.46. The molecule has 0 aliphatic carbocycles. The number of anilines is 2. The van der Waals surface area contributed by atoms with Crippen LogP contribution in [0.3, 0.4) is 0 Å². The van der Waals surface area contributed by atoms with Crippen molar-refractivity contribution < 1.29 is 9.18 Å². The number of amides is 1. The fourth-order valence-electron chi connectivity index (χ4n) is 3.71. The minimum Gasteiger partial charge on any atom is -0.328 e. The Morgan fingerprint density at radius 3 is 2.66 bits per heavy atom. The van der Waals surface area contributed by atoms with Gasteiger partial charge in [-0.3, -0.25) is 4.79 Å². The van der Waals surface area contributed by atoms with Gasteiger partial charge < -0.3 is 10.6 Å². The number of carbonyl (C=O) groups is 1. The molecule has 1 amide bonds. The van der Waals surface area contributed by atoms with Crippen LogP contribution >= 0.6 is 11.8 Å². The average molecular weight is 452 g/mol. The van der Waals surface area contributed by atoms with Crippen molar-refractivity contribution in [1.82, 2.24) is 14.8 Å². The number of aromatic nitrogens is 3. The zero-order chi connectivity index (χ0) is 22.8. The predicted molar refractivity (Wildman–Crippen MR) is 126 cm³/mol. The summed E-state index contributed by atoms with van der Waals surface area (Å²) in [5.41, 5.74) is 4.84. The number of carbonyl (C=O) groups excluding carboxylic acids is 1. The summed E-state index contributed by atoms with van der Waals surface area (Å²) in [5.74, 6) is 0.903. The van der Waals surface area contributed by atoms with Crippen LogP contribution in [0.2, 0.25) is 0 Å². The van der Waals surface area contributed by atoms with Gasteiger partial charge >= 0.3 is 0 Å². The maximum absolute atomic E-state index is 13.7. The Kier molecular flexibility index (Phi) is 6.32. The van der Waals surface area contributed by atoms with Crippen molar-refractivity contribution in [1.29, 1.82) is 0 Å². The molecule has 3 aromatic rings. The van der Waals surface area contributed by atoms with Crippen LogP contribution in [0.4, 0.5) is 16.0 Å². The first kappa shape index (κ1) is 22.1. The van der Waals surface area contributed by atoms with Gasteiger partial charge in [-0.1, -0.05) is 43.0 Å². The summed E-state index contributed by atoms with van der Waals surface area (Å²) in [6.07, 6.45) is 1.00. The molecule has 1 atom stereocenters. The molecule has 2 aromatic carbocycles. The molecule has 1 aromatic heterocycles. The monoisotopic (exact) mass is 451 g/mol. The average Bonchev–Trinajstić information content (AvgIpc) is 3.17. The number of benzene rings is 2. The molecule has 0 fully saturated rings. The van der Waals surface area contributed by atoms with Crippen LogP contribution in [0.1, 0.15) is 43.0 Å². The molecule has 0 bridgehead atoms. The minimum absolute atomic E-state index is 0.234. The topological polar surface area (TPSA) is 71.8 Å². The zero-order valence-electron chi connectivity index (χ0n) is 18.6. The van der Waals surface area contributed by atoms with Crippen LogP contribution in [0.5, 0.6) is 0 Å². The summed E-state index contributed by atoms with van der Waals surface area (Å²) in [6.45, 7) is 7.95. The maximum atomic E-state index is 13.7. The highest BCUT2D eigenvalue weighted by atomic mass is 32.2. The number of hydrogen-bond donors (Lipinski definition) is 2. The van der Waals surface area contributed by atoms with Crippen LogP contribution in [-0.2, 0) is 4.79 Å². The first-order chi connectivity index (χ1) is 15.4. The number of fused-ring (bicyclic) bond motifs is 1. The van der Waals surface area contributed by atoms with E-state index >= 15 is 0 Å². The molecule has 2 heterocycles. The van der Waals surface area contributed by atoms with Crippen molar-refractivity contribution in [3.63, 3.8) is 0 Å². The Hall–Kier alpha value is -3.13. The van der Waals surface area contributed by atoms with E-state index in [4.69, 9.17) is 0 Å². The molecular formula is C24H26FN5OS. The van der Waals surface area contributed by atoms with Crippen molar-refractivity contribution in [2.75, 3.05) is 16.4 Å². The summed E-state index contributed by atoms with van der Waals surface area (Å²) in [7, 11) is 0. The van der Waals surface area contributed by atoms with Gasteiger partial charge in [0.1, 0.15) is 11.9 Å². The number of allylic oxidation sites excluding steroid dienone is 1. The number of halogens is 1. The van der Waals surface area contributed by atoms with Crippen LogP contribution in [0, 0.1) is 19.7 Å². The van der Waals surface area contributed by atoms with Crippen LogP contribution in [0.25, 0.3) is 0 Å². The number of nitrogens with one attached hydrogen (secondary N) is 2. The highest BCUT2D eigenvalue weighted by Crippen LogP contribution is 2.37. The van der Waals surface area contributed by atoms with E-state index in [2.05, 4.69) is 27.6 Å². The van der Waals surface area contributed by atoms with Crippen LogP contribution in [0.15, 0.2) is 58.9 Å². The lowest BCUT2D eigenvalue weighted by molar-refractivity contribution is -0.113. The molecule has 0 spiro atoms. The quantitative estimate of drug-likeness (QED) is 0.487. The Labute approximate surface area is 191 Å². The van der Waals surface area contributed by atoms with E-state index in [-0.39, 0.29) is 11.7 Å². The van der Waals surface area contributed by atoms with E-state index in [0.717, 1.165) is 34.6 Å². The molecule has 8 heteroatoms. The van der Waals surface area contributed by atoms with Crippen molar-refractivity contribution in [2.45, 2.75) is 45.3 Å². The third-order valence-corrected chi connectivity index (χ3v) is 6.60. The fourth-order valence-corrected chi connectivity index (χ4v) is 4.39. The lowest BCUT2D eigenvalue weighted by atomic mass is 9.95. The molecule has 166 valence electrons. The van der Waals surface area contributed by atoms with E-state index in [9.17, 15) is 9.18 Å². The number of thioether (sulfide) groups is 1. The van der Waals surface area contributed by atoms with Crippen LogP contribution in [-0.4, -0.2) is 26.4 Å². The standard InChI is InChI=1S/C24H26FN5OS/c1-5-13-32-24-28-23-26-16(4)20(22(31)27-19-8-6-7-14(2)15(19)3)21(30(23)29-24)17-9-11-18(25)12-10-17/h6-12,21H,5,13H2,1-4H3,(H,27,31)(H,26,28,29). The third kappa shape index (κ3) is 4.27. The first-order valence-corrected chi connectivity index (χ1v) is 11.6. The van der Waals surface area contributed by atoms with Crippen LogP contribution < -0.4 is 10.6 Å². The highest BCUT2D eigenvalue weighted by Gasteiger charge is 2.34. The second-order valence-electron chi connectivity index (χ2n) is 7.83. The third-order valence-electron chi connectivity index (χ3n) is 5.55. The van der Waals surface area contributed by atoms with Gasteiger partial charge in [0.15, 0.2) is 0 Å². The molecule has 1 aliphatic heterocycles. The molecule has 0 saturated heterocycles. The van der Waals surface area contributed by atoms with E-state index in [0.29, 0.717) is 22.4 Å². The van der Waals surface area contributed by atoms with E-state index in [1.54, 1.807) is 28.6 Å². The van der Waals surface area contributed by atoms with Crippen molar-refractivity contribution >= 4 is 29.3 Å².